The molecular formula is C11H20O2. The van der Waals surface area contributed by atoms with Gasteiger partial charge in [0.25, 0.3) is 0 Å². The van der Waals surface area contributed by atoms with Gasteiger partial charge in [0.15, 0.2) is 0 Å². The van der Waals surface area contributed by atoms with Gasteiger partial charge in [-0.15, -0.1) is 0 Å². The van der Waals surface area contributed by atoms with Crippen LogP contribution in [0.4, 0.5) is 0 Å². The minimum absolute atomic E-state index is 0.0467. The number of hydrogen-bond acceptors (Lipinski definition) is 2. The normalized spacial score (nSPS) is 14.7. The molecule has 0 aromatic heterocycles. The van der Waals surface area contributed by atoms with Crippen molar-refractivity contribution >= 4 is 5.97 Å². The lowest BCUT2D eigenvalue weighted by Crippen LogP contribution is -2.23. The van der Waals surface area contributed by atoms with Gasteiger partial charge in [-0.05, 0) is 18.8 Å². The third-order valence-electron chi connectivity index (χ3n) is 2.22. The van der Waals surface area contributed by atoms with Crippen LogP contribution in [0.25, 0.3) is 0 Å². The van der Waals surface area contributed by atoms with E-state index in [9.17, 15) is 4.79 Å². The lowest BCUT2D eigenvalue weighted by molar-refractivity contribution is -0.145. The van der Waals surface area contributed by atoms with Crippen molar-refractivity contribution in [1.29, 1.82) is 0 Å². The average molecular weight is 184 g/mol. The van der Waals surface area contributed by atoms with Gasteiger partial charge in [0.05, 0.1) is 0 Å². The third kappa shape index (κ3) is 4.71. The van der Waals surface area contributed by atoms with E-state index in [2.05, 4.69) is 20.4 Å². The summed E-state index contributed by atoms with van der Waals surface area (Å²) in [6.45, 7) is 9.67. The lowest BCUT2D eigenvalue weighted by atomic mass is 9.97. The first-order valence-corrected chi connectivity index (χ1v) is 4.98. The van der Waals surface area contributed by atoms with E-state index in [4.69, 9.17) is 4.74 Å². The van der Waals surface area contributed by atoms with Gasteiger partial charge in [0, 0.05) is 6.08 Å². The first-order valence-electron chi connectivity index (χ1n) is 4.98. The molecule has 0 spiro atoms. The second kappa shape index (κ2) is 6.70. The summed E-state index contributed by atoms with van der Waals surface area (Å²) in [7, 11) is 0. The summed E-state index contributed by atoms with van der Waals surface area (Å²) in [4.78, 5) is 10.9. The van der Waals surface area contributed by atoms with Crippen LogP contribution in [0.3, 0.4) is 0 Å². The Morgan fingerprint density at radius 3 is 2.54 bits per heavy atom. The van der Waals surface area contributed by atoms with Crippen LogP contribution in [0.15, 0.2) is 12.7 Å². The highest BCUT2D eigenvalue weighted by molar-refractivity contribution is 5.81. The van der Waals surface area contributed by atoms with E-state index in [1.54, 1.807) is 0 Å². The topological polar surface area (TPSA) is 26.3 Å². The SMILES string of the molecule is C=CC(=O)OC(CC)C(C)CCC. The zero-order chi connectivity index (χ0) is 10.3. The van der Waals surface area contributed by atoms with Gasteiger partial charge in [-0.1, -0.05) is 33.8 Å². The molecule has 13 heavy (non-hydrogen) atoms. The van der Waals surface area contributed by atoms with E-state index >= 15 is 0 Å². The Bertz CT molecular complexity index is 163. The number of esters is 1. The Hall–Kier alpha value is -0.790. The van der Waals surface area contributed by atoms with Crippen molar-refractivity contribution in [2.75, 3.05) is 0 Å². The van der Waals surface area contributed by atoms with Crippen molar-refractivity contribution < 1.29 is 9.53 Å². The molecule has 76 valence electrons. The first kappa shape index (κ1) is 12.2. The summed E-state index contributed by atoms with van der Waals surface area (Å²) >= 11 is 0. The van der Waals surface area contributed by atoms with Crippen LogP contribution in [0, 0.1) is 5.92 Å². The molecule has 0 heterocycles. The second-order valence-corrected chi connectivity index (χ2v) is 3.35. The van der Waals surface area contributed by atoms with E-state index in [1.165, 1.54) is 6.08 Å². The highest BCUT2D eigenvalue weighted by atomic mass is 16.5. The molecule has 2 unspecified atom stereocenters. The van der Waals surface area contributed by atoms with E-state index in [0.29, 0.717) is 5.92 Å². The van der Waals surface area contributed by atoms with Gasteiger partial charge in [-0.2, -0.15) is 0 Å². The molecule has 2 nitrogen and oxygen atoms in total. The van der Waals surface area contributed by atoms with Gasteiger partial charge in [-0.25, -0.2) is 4.79 Å². The Balaban J connectivity index is 4.00. The highest BCUT2D eigenvalue weighted by Gasteiger charge is 2.17. The Morgan fingerprint density at radius 1 is 1.54 bits per heavy atom. The third-order valence-corrected chi connectivity index (χ3v) is 2.22. The summed E-state index contributed by atoms with van der Waals surface area (Å²) in [6.07, 6.45) is 4.37. The Labute approximate surface area is 81.0 Å². The van der Waals surface area contributed by atoms with Crippen molar-refractivity contribution in [3.63, 3.8) is 0 Å². The molecule has 0 aromatic rings. The summed E-state index contributed by atoms with van der Waals surface area (Å²) < 4.78 is 5.21. The van der Waals surface area contributed by atoms with Gasteiger partial charge < -0.3 is 4.74 Å². The van der Waals surface area contributed by atoms with E-state index in [1.807, 2.05) is 6.92 Å². The largest absolute Gasteiger partial charge is 0.459 e. The summed E-state index contributed by atoms with van der Waals surface area (Å²) in [5.41, 5.74) is 0. The number of rotatable bonds is 6. The molecule has 0 bridgehead atoms. The van der Waals surface area contributed by atoms with Gasteiger partial charge in [0.2, 0.25) is 0 Å². The number of carbonyl (C=O) groups is 1. The zero-order valence-electron chi connectivity index (χ0n) is 8.88. The fraction of sp³-hybridized carbons (Fsp3) is 0.727. The van der Waals surface area contributed by atoms with E-state index in [-0.39, 0.29) is 12.1 Å². The van der Waals surface area contributed by atoms with Crippen LogP contribution in [-0.4, -0.2) is 12.1 Å². The monoisotopic (exact) mass is 184 g/mol. The molecule has 0 aliphatic heterocycles. The standard InChI is InChI=1S/C11H20O2/c1-5-8-9(4)10(6-2)13-11(12)7-3/h7,9-10H,3,5-6,8H2,1-2,4H3. The van der Waals surface area contributed by atoms with Crippen LogP contribution in [0.1, 0.15) is 40.0 Å². The maximum atomic E-state index is 10.9. The fourth-order valence-corrected chi connectivity index (χ4v) is 1.44. The molecule has 0 rings (SSSR count). The smallest absolute Gasteiger partial charge is 0.330 e. The quantitative estimate of drug-likeness (QED) is 0.468. The van der Waals surface area contributed by atoms with Gasteiger partial charge in [-0.3, -0.25) is 0 Å². The van der Waals surface area contributed by atoms with Crippen LogP contribution >= 0.6 is 0 Å². The predicted molar refractivity (Wildman–Crippen MR) is 54.4 cm³/mol. The van der Waals surface area contributed by atoms with Crippen molar-refractivity contribution in [2.24, 2.45) is 5.92 Å². The molecule has 2 heteroatoms. The van der Waals surface area contributed by atoms with Crippen LogP contribution in [-0.2, 0) is 9.53 Å². The van der Waals surface area contributed by atoms with Crippen molar-refractivity contribution in [3.05, 3.63) is 12.7 Å². The Kier molecular flexibility index (Phi) is 6.29. The van der Waals surface area contributed by atoms with Crippen molar-refractivity contribution in [1.82, 2.24) is 0 Å². The second-order valence-electron chi connectivity index (χ2n) is 3.35. The van der Waals surface area contributed by atoms with Crippen molar-refractivity contribution in [2.45, 2.75) is 46.1 Å². The minimum atomic E-state index is -0.310. The molecule has 0 N–H and O–H groups in total. The lowest BCUT2D eigenvalue weighted by Gasteiger charge is -2.21. The molecule has 0 fully saturated rings. The summed E-state index contributed by atoms with van der Waals surface area (Å²) in [6, 6.07) is 0. The molecule has 0 aromatic carbocycles. The zero-order valence-corrected chi connectivity index (χ0v) is 8.88. The molecule has 0 amide bonds. The number of hydrogen-bond donors (Lipinski definition) is 0. The van der Waals surface area contributed by atoms with Crippen LogP contribution in [0.5, 0.6) is 0 Å². The van der Waals surface area contributed by atoms with Gasteiger partial charge >= 0.3 is 5.97 Å². The fourth-order valence-electron chi connectivity index (χ4n) is 1.44. The predicted octanol–water partition coefficient (Wildman–Crippen LogP) is 2.93. The molecule has 0 aliphatic carbocycles. The number of ether oxygens (including phenoxy) is 1. The summed E-state index contributed by atoms with van der Waals surface area (Å²) in [5.74, 6) is 0.133. The Morgan fingerprint density at radius 2 is 2.15 bits per heavy atom. The van der Waals surface area contributed by atoms with Gasteiger partial charge in [0.1, 0.15) is 6.10 Å². The molecule has 0 saturated heterocycles. The maximum Gasteiger partial charge on any atom is 0.330 e. The molecule has 2 atom stereocenters. The summed E-state index contributed by atoms with van der Waals surface area (Å²) in [5, 5.41) is 0. The molecule has 0 saturated carbocycles. The first-order chi connectivity index (χ1) is 6.15. The maximum absolute atomic E-state index is 10.9. The highest BCUT2D eigenvalue weighted by Crippen LogP contribution is 2.16. The van der Waals surface area contributed by atoms with E-state index < -0.39 is 0 Å². The molecule has 0 aliphatic rings. The van der Waals surface area contributed by atoms with E-state index in [0.717, 1.165) is 19.3 Å². The average Bonchev–Trinajstić information content (AvgIpc) is 2.14. The molecular weight excluding hydrogens is 164 g/mol. The molecule has 0 radical (unpaired) electrons. The van der Waals surface area contributed by atoms with Crippen molar-refractivity contribution in [3.8, 4) is 0 Å². The van der Waals surface area contributed by atoms with Crippen LogP contribution in [0.2, 0.25) is 0 Å². The minimum Gasteiger partial charge on any atom is -0.459 e. The number of carbonyl (C=O) groups excluding carboxylic acids is 1. The van der Waals surface area contributed by atoms with Crippen LogP contribution < -0.4 is 0 Å².